The van der Waals surface area contributed by atoms with Crippen LogP contribution >= 0.6 is 11.8 Å². The van der Waals surface area contributed by atoms with Gasteiger partial charge in [0.25, 0.3) is 0 Å². The van der Waals surface area contributed by atoms with Gasteiger partial charge >= 0.3 is 6.36 Å². The number of thioether (sulfide) groups is 1. The van der Waals surface area contributed by atoms with Crippen LogP contribution < -0.4 is 9.64 Å². The van der Waals surface area contributed by atoms with Gasteiger partial charge in [0.1, 0.15) is 12.1 Å². The molecule has 0 radical (unpaired) electrons. The third-order valence-corrected chi connectivity index (χ3v) is 7.22. The molecule has 210 valence electrons. The van der Waals surface area contributed by atoms with Crippen LogP contribution in [0.2, 0.25) is 0 Å². The molecule has 1 aliphatic heterocycles. The van der Waals surface area contributed by atoms with E-state index in [1.807, 2.05) is 55.5 Å². The van der Waals surface area contributed by atoms with E-state index >= 15 is 0 Å². The largest absolute Gasteiger partial charge is 0.573 e. The van der Waals surface area contributed by atoms with Gasteiger partial charge in [-0.2, -0.15) is 5.10 Å². The zero-order valence-corrected chi connectivity index (χ0v) is 23.1. The highest BCUT2D eigenvalue weighted by atomic mass is 32.2. The Hall–Kier alpha value is -4.45. The SMILES string of the molecule is CC1S/C(=N\N=C\c2ccc(-c3ncn(-c4ccc(OC(F)(F)F)cc4)n3)cc2)N(c2ccccc2C(C)C)C1=O. The minimum atomic E-state index is -4.75. The Morgan fingerprint density at radius 2 is 1.73 bits per heavy atom. The maximum Gasteiger partial charge on any atom is 0.573 e. The molecular formula is C29H25F3N6O2S. The molecule has 5 rings (SSSR count). The van der Waals surface area contributed by atoms with Gasteiger partial charge in [-0.1, -0.05) is 68.1 Å². The molecule has 8 nitrogen and oxygen atoms in total. The van der Waals surface area contributed by atoms with Gasteiger partial charge in [-0.05, 0) is 54.3 Å². The number of aromatic nitrogens is 3. The summed E-state index contributed by atoms with van der Waals surface area (Å²) in [5, 5.41) is 13.3. The fraction of sp³-hybridized carbons (Fsp3) is 0.207. The average Bonchev–Trinajstić information content (AvgIpc) is 3.53. The molecule has 1 aliphatic rings. The number of anilines is 1. The number of carbonyl (C=O) groups excluding carboxylic acids is 1. The molecule has 1 amide bonds. The Morgan fingerprint density at radius 1 is 1.02 bits per heavy atom. The highest BCUT2D eigenvalue weighted by molar-refractivity contribution is 8.16. The number of hydrogen-bond donors (Lipinski definition) is 0. The molecule has 1 aromatic heterocycles. The van der Waals surface area contributed by atoms with Crippen molar-refractivity contribution in [3.8, 4) is 22.8 Å². The third kappa shape index (κ3) is 6.49. The molecule has 4 aromatic rings. The van der Waals surface area contributed by atoms with Crippen molar-refractivity contribution in [2.24, 2.45) is 10.2 Å². The Balaban J connectivity index is 1.29. The molecule has 0 saturated carbocycles. The topological polar surface area (TPSA) is 85.0 Å². The predicted octanol–water partition coefficient (Wildman–Crippen LogP) is 6.81. The van der Waals surface area contributed by atoms with Crippen molar-refractivity contribution in [3.05, 3.63) is 90.3 Å². The maximum atomic E-state index is 13.0. The highest BCUT2D eigenvalue weighted by Crippen LogP contribution is 2.36. The van der Waals surface area contributed by atoms with Crippen molar-refractivity contribution < 1.29 is 22.7 Å². The second kappa shape index (κ2) is 11.6. The van der Waals surface area contributed by atoms with E-state index in [0.717, 1.165) is 22.4 Å². The van der Waals surface area contributed by atoms with Crippen molar-refractivity contribution >= 4 is 34.7 Å². The molecule has 1 atom stereocenters. The number of ether oxygens (including phenoxy) is 1. The van der Waals surface area contributed by atoms with Crippen LogP contribution in [0.15, 0.2) is 89.3 Å². The molecule has 0 N–H and O–H groups in total. The van der Waals surface area contributed by atoms with Gasteiger partial charge in [0, 0.05) is 5.56 Å². The van der Waals surface area contributed by atoms with Crippen molar-refractivity contribution in [2.45, 2.75) is 38.3 Å². The molecule has 12 heteroatoms. The van der Waals surface area contributed by atoms with E-state index in [9.17, 15) is 18.0 Å². The number of para-hydroxylation sites is 1. The smallest absolute Gasteiger partial charge is 0.406 e. The van der Waals surface area contributed by atoms with Gasteiger partial charge in [0.15, 0.2) is 11.0 Å². The van der Waals surface area contributed by atoms with Gasteiger partial charge in [-0.15, -0.1) is 23.4 Å². The first-order chi connectivity index (χ1) is 19.6. The Bertz CT molecular complexity index is 1600. The van der Waals surface area contributed by atoms with Crippen molar-refractivity contribution in [1.29, 1.82) is 0 Å². The van der Waals surface area contributed by atoms with Crippen LogP contribution in [-0.2, 0) is 4.79 Å². The van der Waals surface area contributed by atoms with E-state index in [-0.39, 0.29) is 22.8 Å². The van der Waals surface area contributed by atoms with E-state index < -0.39 is 6.36 Å². The van der Waals surface area contributed by atoms with E-state index in [0.29, 0.717) is 16.7 Å². The molecule has 3 aromatic carbocycles. The molecule has 1 unspecified atom stereocenters. The lowest BCUT2D eigenvalue weighted by Gasteiger charge is -2.21. The maximum absolute atomic E-state index is 13.0. The average molecular weight is 579 g/mol. The Kier molecular flexibility index (Phi) is 7.93. The van der Waals surface area contributed by atoms with Crippen LogP contribution in [0, 0.1) is 0 Å². The third-order valence-electron chi connectivity index (χ3n) is 6.19. The molecule has 41 heavy (non-hydrogen) atoms. The van der Waals surface area contributed by atoms with Crippen LogP contribution in [0.5, 0.6) is 5.75 Å². The van der Waals surface area contributed by atoms with E-state index in [1.54, 1.807) is 11.1 Å². The quantitative estimate of drug-likeness (QED) is 0.178. The van der Waals surface area contributed by atoms with Gasteiger partial charge in [-0.25, -0.2) is 9.67 Å². The lowest BCUT2D eigenvalue weighted by atomic mass is 10.0. The zero-order chi connectivity index (χ0) is 29.1. The second-order valence-corrected chi connectivity index (χ2v) is 10.8. The number of rotatable bonds is 7. The summed E-state index contributed by atoms with van der Waals surface area (Å²) < 4.78 is 42.5. The van der Waals surface area contributed by atoms with Crippen molar-refractivity contribution in [3.63, 3.8) is 0 Å². The van der Waals surface area contributed by atoms with Crippen molar-refractivity contribution in [2.75, 3.05) is 4.90 Å². The monoisotopic (exact) mass is 578 g/mol. The van der Waals surface area contributed by atoms with E-state index in [4.69, 9.17) is 0 Å². The van der Waals surface area contributed by atoms with Gasteiger partial charge in [-0.3, -0.25) is 9.69 Å². The van der Waals surface area contributed by atoms with E-state index in [1.165, 1.54) is 47.0 Å². The summed E-state index contributed by atoms with van der Waals surface area (Å²) >= 11 is 1.37. The fourth-order valence-corrected chi connectivity index (χ4v) is 5.10. The summed E-state index contributed by atoms with van der Waals surface area (Å²) in [5.74, 6) is 0.338. The lowest BCUT2D eigenvalue weighted by molar-refractivity contribution is -0.274. The summed E-state index contributed by atoms with van der Waals surface area (Å²) in [6.45, 7) is 6.03. The number of amides is 1. The number of hydrogen-bond acceptors (Lipinski definition) is 7. The number of amidine groups is 1. The van der Waals surface area contributed by atoms with Crippen LogP contribution in [0.4, 0.5) is 18.9 Å². The summed E-state index contributed by atoms with van der Waals surface area (Å²) in [6.07, 6.45) is -1.67. The Labute approximate surface area is 238 Å². The number of nitrogens with zero attached hydrogens (tertiary/aromatic N) is 6. The second-order valence-electron chi connectivity index (χ2n) is 9.45. The van der Waals surface area contributed by atoms with E-state index in [2.05, 4.69) is 38.9 Å². The van der Waals surface area contributed by atoms with Crippen LogP contribution in [0.3, 0.4) is 0 Å². The summed E-state index contributed by atoms with van der Waals surface area (Å²) in [7, 11) is 0. The number of benzene rings is 3. The fourth-order valence-electron chi connectivity index (χ4n) is 4.19. The number of halogens is 3. The van der Waals surface area contributed by atoms with Crippen LogP contribution in [0.25, 0.3) is 17.1 Å². The molecule has 1 saturated heterocycles. The van der Waals surface area contributed by atoms with Crippen molar-refractivity contribution in [1.82, 2.24) is 14.8 Å². The summed E-state index contributed by atoms with van der Waals surface area (Å²) in [4.78, 5) is 18.9. The number of carbonyl (C=O) groups is 1. The van der Waals surface area contributed by atoms with Crippen LogP contribution in [0.1, 0.15) is 37.8 Å². The first kappa shape index (κ1) is 28.1. The predicted molar refractivity (Wildman–Crippen MR) is 154 cm³/mol. The molecule has 1 fully saturated rings. The standard InChI is InChI=1S/C29H25F3N6O2S/c1-18(2)24-6-4-5-7-25(24)38-27(39)19(3)41-28(38)35-34-16-20-8-10-21(11-9-20)26-33-17-37(36-26)22-12-14-23(15-13-22)40-29(30,31)32/h4-19H,1-3H3/b34-16+,35-28-. The minimum Gasteiger partial charge on any atom is -0.406 e. The number of alkyl halides is 3. The van der Waals surface area contributed by atoms with Crippen LogP contribution in [-0.4, -0.2) is 43.7 Å². The van der Waals surface area contributed by atoms with Gasteiger partial charge in [0.05, 0.1) is 22.8 Å². The summed E-state index contributed by atoms with van der Waals surface area (Å²) in [6, 6.07) is 20.5. The molecule has 0 aliphatic carbocycles. The minimum absolute atomic E-state index is 0.0288. The first-order valence-electron chi connectivity index (χ1n) is 12.7. The highest BCUT2D eigenvalue weighted by Gasteiger charge is 2.37. The lowest BCUT2D eigenvalue weighted by Crippen LogP contribution is -2.32. The van der Waals surface area contributed by atoms with Gasteiger partial charge in [0.2, 0.25) is 5.91 Å². The summed E-state index contributed by atoms with van der Waals surface area (Å²) in [5.41, 5.74) is 3.94. The molecule has 0 bridgehead atoms. The normalized spacial score (nSPS) is 16.9. The Morgan fingerprint density at radius 3 is 2.41 bits per heavy atom. The first-order valence-corrected chi connectivity index (χ1v) is 13.6. The zero-order valence-electron chi connectivity index (χ0n) is 22.3. The molecule has 2 heterocycles. The molecule has 0 spiro atoms. The van der Waals surface area contributed by atoms with Gasteiger partial charge < -0.3 is 4.74 Å². The molecular weight excluding hydrogens is 553 g/mol.